The van der Waals surface area contributed by atoms with E-state index in [9.17, 15) is 4.79 Å². The zero-order valence-electron chi connectivity index (χ0n) is 7.78. The molecule has 0 saturated heterocycles. The van der Waals surface area contributed by atoms with Crippen molar-refractivity contribution >= 4 is 5.97 Å². The van der Waals surface area contributed by atoms with Gasteiger partial charge in [-0.05, 0) is 43.9 Å². The van der Waals surface area contributed by atoms with Crippen LogP contribution in [0.3, 0.4) is 0 Å². The molecule has 0 bridgehead atoms. The van der Waals surface area contributed by atoms with Crippen LogP contribution in [-0.4, -0.2) is 11.1 Å². The van der Waals surface area contributed by atoms with E-state index in [0.29, 0.717) is 11.8 Å². The minimum absolute atomic E-state index is 0.0310. The Bertz CT molecular complexity index is 232. The average molecular weight is 180 g/mol. The van der Waals surface area contributed by atoms with Crippen LogP contribution in [0.4, 0.5) is 0 Å². The largest absolute Gasteiger partial charge is 0.481 e. The Morgan fingerprint density at radius 2 is 1.92 bits per heavy atom. The first-order valence-electron chi connectivity index (χ1n) is 5.17. The Kier molecular flexibility index (Phi) is 2.38. The first kappa shape index (κ1) is 8.79. The normalized spacial score (nSPS) is 40.8. The van der Waals surface area contributed by atoms with Gasteiger partial charge >= 0.3 is 5.97 Å². The zero-order chi connectivity index (χ0) is 9.26. The molecule has 0 aromatic rings. The maximum absolute atomic E-state index is 10.8. The van der Waals surface area contributed by atoms with Gasteiger partial charge in [0.25, 0.3) is 0 Å². The summed E-state index contributed by atoms with van der Waals surface area (Å²) in [5, 5.41) is 8.92. The summed E-state index contributed by atoms with van der Waals surface area (Å²) in [5.41, 5.74) is 0. The predicted molar refractivity (Wildman–Crippen MR) is 50.3 cm³/mol. The van der Waals surface area contributed by atoms with E-state index in [1.165, 1.54) is 6.42 Å². The summed E-state index contributed by atoms with van der Waals surface area (Å²) in [6.45, 7) is 0. The molecule has 0 aliphatic heterocycles. The highest BCUT2D eigenvalue weighted by atomic mass is 16.4. The lowest BCUT2D eigenvalue weighted by Gasteiger charge is -2.43. The number of fused-ring (bicyclic) bond motifs is 1. The first-order valence-corrected chi connectivity index (χ1v) is 5.17. The fourth-order valence-electron chi connectivity index (χ4n) is 2.70. The maximum atomic E-state index is 10.8. The lowest BCUT2D eigenvalue weighted by molar-refractivity contribution is -0.151. The fraction of sp³-hybridized carbons (Fsp3) is 0.727. The molecular weight excluding hydrogens is 164 g/mol. The van der Waals surface area contributed by atoms with Crippen molar-refractivity contribution < 1.29 is 9.90 Å². The highest BCUT2D eigenvalue weighted by Crippen LogP contribution is 2.46. The van der Waals surface area contributed by atoms with E-state index >= 15 is 0 Å². The van der Waals surface area contributed by atoms with Gasteiger partial charge in [-0.1, -0.05) is 12.2 Å². The number of carboxylic acids is 1. The Hall–Kier alpha value is -0.790. The molecule has 1 N–H and O–H groups in total. The molecule has 1 fully saturated rings. The van der Waals surface area contributed by atoms with Crippen molar-refractivity contribution in [2.24, 2.45) is 17.8 Å². The van der Waals surface area contributed by atoms with E-state index in [-0.39, 0.29) is 5.92 Å². The number of aliphatic carboxylic acids is 1. The molecule has 1 saturated carbocycles. The van der Waals surface area contributed by atoms with Crippen molar-refractivity contribution in [2.45, 2.75) is 32.1 Å². The average Bonchev–Trinajstić information content (AvgIpc) is 2.03. The van der Waals surface area contributed by atoms with E-state index in [4.69, 9.17) is 5.11 Å². The van der Waals surface area contributed by atoms with Crippen LogP contribution in [0.25, 0.3) is 0 Å². The number of rotatable bonds is 1. The van der Waals surface area contributed by atoms with Gasteiger partial charge in [0.1, 0.15) is 0 Å². The highest BCUT2D eigenvalue weighted by Gasteiger charge is 2.43. The van der Waals surface area contributed by atoms with Gasteiger partial charge in [-0.15, -0.1) is 0 Å². The zero-order valence-corrected chi connectivity index (χ0v) is 7.78. The van der Waals surface area contributed by atoms with Crippen LogP contribution in [0.1, 0.15) is 32.1 Å². The maximum Gasteiger partial charge on any atom is 0.306 e. The molecule has 0 aromatic heterocycles. The van der Waals surface area contributed by atoms with Crippen LogP contribution in [0.5, 0.6) is 0 Å². The van der Waals surface area contributed by atoms with Crippen molar-refractivity contribution in [3.63, 3.8) is 0 Å². The molecule has 2 aliphatic rings. The van der Waals surface area contributed by atoms with Gasteiger partial charge in [0, 0.05) is 0 Å². The minimum Gasteiger partial charge on any atom is -0.481 e. The first-order chi connectivity index (χ1) is 6.29. The quantitative estimate of drug-likeness (QED) is 0.629. The van der Waals surface area contributed by atoms with Gasteiger partial charge in [-0.2, -0.15) is 0 Å². The molecule has 0 spiro atoms. The molecular formula is C11H16O2. The smallest absolute Gasteiger partial charge is 0.306 e. The van der Waals surface area contributed by atoms with Crippen molar-refractivity contribution in [1.29, 1.82) is 0 Å². The summed E-state index contributed by atoms with van der Waals surface area (Å²) in [7, 11) is 0. The van der Waals surface area contributed by atoms with Crippen molar-refractivity contribution in [1.82, 2.24) is 0 Å². The second-order valence-electron chi connectivity index (χ2n) is 4.23. The van der Waals surface area contributed by atoms with Crippen molar-refractivity contribution in [3.8, 4) is 0 Å². The predicted octanol–water partition coefficient (Wildman–Crippen LogP) is 2.45. The molecule has 2 heteroatoms. The van der Waals surface area contributed by atoms with Gasteiger partial charge in [0.05, 0.1) is 5.92 Å². The molecule has 2 nitrogen and oxygen atoms in total. The molecule has 0 radical (unpaired) electrons. The molecule has 0 aromatic carbocycles. The molecule has 2 aliphatic carbocycles. The van der Waals surface area contributed by atoms with Crippen LogP contribution in [0, 0.1) is 17.8 Å². The van der Waals surface area contributed by atoms with Crippen LogP contribution in [-0.2, 0) is 4.79 Å². The number of hydrogen-bond acceptors (Lipinski definition) is 1. The monoisotopic (exact) mass is 180 g/mol. The molecule has 13 heavy (non-hydrogen) atoms. The number of carboxylic acid groups (broad SMARTS) is 1. The molecule has 3 atom stereocenters. The molecule has 0 heterocycles. The third-order valence-corrected chi connectivity index (χ3v) is 3.53. The Morgan fingerprint density at radius 1 is 1.23 bits per heavy atom. The Labute approximate surface area is 78.6 Å². The van der Waals surface area contributed by atoms with Crippen LogP contribution in [0.2, 0.25) is 0 Å². The van der Waals surface area contributed by atoms with Crippen LogP contribution >= 0.6 is 0 Å². The molecule has 2 rings (SSSR count). The standard InChI is InChI=1S/C11H16O2/c12-11(13)10-7-8-5-3-1-2-4-6-9(8)10/h1-2,8-10H,3-7H2,(H,12,13)/b2-1+. The van der Waals surface area contributed by atoms with E-state index in [1.54, 1.807) is 0 Å². The molecule has 72 valence electrons. The van der Waals surface area contributed by atoms with Gasteiger partial charge in [-0.25, -0.2) is 0 Å². The van der Waals surface area contributed by atoms with Crippen molar-refractivity contribution in [3.05, 3.63) is 12.2 Å². The third kappa shape index (κ3) is 1.62. The second kappa shape index (κ2) is 3.52. The van der Waals surface area contributed by atoms with Crippen LogP contribution in [0.15, 0.2) is 12.2 Å². The van der Waals surface area contributed by atoms with E-state index < -0.39 is 5.97 Å². The summed E-state index contributed by atoms with van der Waals surface area (Å²) < 4.78 is 0. The van der Waals surface area contributed by atoms with E-state index in [1.807, 2.05) is 0 Å². The number of carbonyl (C=O) groups is 1. The van der Waals surface area contributed by atoms with Crippen molar-refractivity contribution in [2.75, 3.05) is 0 Å². The summed E-state index contributed by atoms with van der Waals surface area (Å²) in [6, 6.07) is 0. The summed E-state index contributed by atoms with van der Waals surface area (Å²) in [5.74, 6) is 0.566. The fourth-order valence-corrected chi connectivity index (χ4v) is 2.70. The molecule has 3 unspecified atom stereocenters. The van der Waals surface area contributed by atoms with E-state index in [2.05, 4.69) is 12.2 Å². The van der Waals surface area contributed by atoms with E-state index in [0.717, 1.165) is 25.7 Å². The van der Waals surface area contributed by atoms with Gasteiger partial charge in [0.2, 0.25) is 0 Å². The Balaban J connectivity index is 1.98. The Morgan fingerprint density at radius 3 is 2.62 bits per heavy atom. The number of allylic oxidation sites excluding steroid dienone is 2. The van der Waals surface area contributed by atoms with Crippen LogP contribution < -0.4 is 0 Å². The number of hydrogen-bond donors (Lipinski definition) is 1. The third-order valence-electron chi connectivity index (χ3n) is 3.53. The minimum atomic E-state index is -0.578. The summed E-state index contributed by atoms with van der Waals surface area (Å²) in [6.07, 6.45) is 9.87. The SMILES string of the molecule is O=C(O)C1CC2CC/C=C/CCC21. The summed E-state index contributed by atoms with van der Waals surface area (Å²) in [4.78, 5) is 10.8. The van der Waals surface area contributed by atoms with Gasteiger partial charge in [-0.3, -0.25) is 4.79 Å². The van der Waals surface area contributed by atoms with Gasteiger partial charge in [0.15, 0.2) is 0 Å². The summed E-state index contributed by atoms with van der Waals surface area (Å²) >= 11 is 0. The lowest BCUT2D eigenvalue weighted by atomic mass is 9.61. The lowest BCUT2D eigenvalue weighted by Crippen LogP contribution is -2.41. The van der Waals surface area contributed by atoms with Gasteiger partial charge < -0.3 is 5.11 Å². The second-order valence-corrected chi connectivity index (χ2v) is 4.23. The highest BCUT2D eigenvalue weighted by molar-refractivity contribution is 5.71. The topological polar surface area (TPSA) is 37.3 Å². The molecule has 0 amide bonds.